The summed E-state index contributed by atoms with van der Waals surface area (Å²) in [4.78, 5) is 0. The number of piperidine rings is 1. The van der Waals surface area contributed by atoms with E-state index in [1.54, 1.807) is 12.7 Å². The molecule has 0 N–H and O–H groups in total. The van der Waals surface area contributed by atoms with E-state index in [1.807, 2.05) is 4.57 Å². The van der Waals surface area contributed by atoms with Crippen molar-refractivity contribution in [3.63, 3.8) is 0 Å². The molecule has 106 valence electrons. The molecule has 8 heteroatoms. The molecule has 7 nitrogen and oxygen atoms in total. The number of rotatable bonds is 2. The Morgan fingerprint density at radius 3 is 2.79 bits per heavy atom. The van der Waals surface area contributed by atoms with E-state index in [1.165, 1.54) is 10.6 Å². The van der Waals surface area contributed by atoms with E-state index in [4.69, 9.17) is 4.74 Å². The van der Waals surface area contributed by atoms with Gasteiger partial charge in [-0.3, -0.25) is 0 Å². The molecular formula is C11H18N4O3S. The van der Waals surface area contributed by atoms with Crippen LogP contribution < -0.4 is 0 Å². The molecular weight excluding hydrogens is 268 g/mol. The van der Waals surface area contributed by atoms with Gasteiger partial charge in [0.15, 0.2) is 0 Å². The van der Waals surface area contributed by atoms with Crippen LogP contribution in [0.15, 0.2) is 12.7 Å². The summed E-state index contributed by atoms with van der Waals surface area (Å²) >= 11 is 0. The summed E-state index contributed by atoms with van der Waals surface area (Å²) in [6.07, 6.45) is 7.21. The highest BCUT2D eigenvalue weighted by molar-refractivity contribution is 7.88. The predicted octanol–water partition coefficient (Wildman–Crippen LogP) is 0.0337. The zero-order valence-corrected chi connectivity index (χ0v) is 11.7. The van der Waals surface area contributed by atoms with Crippen LogP contribution in [-0.4, -0.2) is 59.0 Å². The van der Waals surface area contributed by atoms with Crippen LogP contribution in [0, 0.1) is 0 Å². The molecule has 1 spiro atoms. The van der Waals surface area contributed by atoms with Gasteiger partial charge in [0, 0.05) is 19.5 Å². The van der Waals surface area contributed by atoms with Gasteiger partial charge in [0.05, 0.1) is 24.5 Å². The highest BCUT2D eigenvalue weighted by atomic mass is 32.2. The van der Waals surface area contributed by atoms with Crippen LogP contribution >= 0.6 is 0 Å². The van der Waals surface area contributed by atoms with Crippen LogP contribution in [0.2, 0.25) is 0 Å². The summed E-state index contributed by atoms with van der Waals surface area (Å²) in [5.74, 6) is 0. The molecule has 0 amide bonds. The quantitative estimate of drug-likeness (QED) is 0.767. The molecule has 1 aromatic heterocycles. The van der Waals surface area contributed by atoms with Crippen LogP contribution in [-0.2, 0) is 14.8 Å². The smallest absolute Gasteiger partial charge is 0.211 e. The first kappa shape index (κ1) is 13.0. The summed E-state index contributed by atoms with van der Waals surface area (Å²) in [7, 11) is -3.14. The molecule has 0 unspecified atom stereocenters. The molecule has 2 saturated heterocycles. The number of hydrogen-bond acceptors (Lipinski definition) is 5. The maximum atomic E-state index is 11.7. The monoisotopic (exact) mass is 286 g/mol. The maximum absolute atomic E-state index is 11.7. The van der Waals surface area contributed by atoms with Gasteiger partial charge in [-0.05, 0) is 12.8 Å². The lowest BCUT2D eigenvalue weighted by molar-refractivity contribution is -0.0331. The van der Waals surface area contributed by atoms with Crippen LogP contribution in [0.5, 0.6) is 0 Å². The van der Waals surface area contributed by atoms with Gasteiger partial charge in [-0.2, -0.15) is 4.31 Å². The van der Waals surface area contributed by atoms with Gasteiger partial charge in [-0.1, -0.05) is 0 Å². The Kier molecular flexibility index (Phi) is 3.11. The van der Waals surface area contributed by atoms with Gasteiger partial charge < -0.3 is 9.30 Å². The molecule has 2 aliphatic heterocycles. The third kappa shape index (κ3) is 2.52. The Hall–Kier alpha value is -0.990. The summed E-state index contributed by atoms with van der Waals surface area (Å²) in [6, 6.07) is 0.203. The van der Waals surface area contributed by atoms with E-state index in [0.29, 0.717) is 19.7 Å². The van der Waals surface area contributed by atoms with Gasteiger partial charge in [0.25, 0.3) is 0 Å². The predicted molar refractivity (Wildman–Crippen MR) is 68.0 cm³/mol. The minimum Gasteiger partial charge on any atom is -0.371 e. The van der Waals surface area contributed by atoms with Crippen LogP contribution in [0.25, 0.3) is 0 Å². The third-order valence-electron chi connectivity index (χ3n) is 4.02. The van der Waals surface area contributed by atoms with Crippen LogP contribution in [0.1, 0.15) is 25.3 Å². The highest BCUT2D eigenvalue weighted by Crippen LogP contribution is 2.39. The summed E-state index contributed by atoms with van der Waals surface area (Å²) in [5, 5.41) is 7.61. The Morgan fingerprint density at radius 1 is 1.37 bits per heavy atom. The Morgan fingerprint density at radius 2 is 2.11 bits per heavy atom. The van der Waals surface area contributed by atoms with Crippen LogP contribution in [0.4, 0.5) is 0 Å². The second-order valence-electron chi connectivity index (χ2n) is 5.46. The molecule has 2 fully saturated rings. The first-order chi connectivity index (χ1) is 8.99. The van der Waals surface area contributed by atoms with Crippen molar-refractivity contribution in [2.45, 2.75) is 30.9 Å². The molecule has 0 bridgehead atoms. The molecule has 0 radical (unpaired) electrons. The Bertz CT molecular complexity index is 544. The third-order valence-corrected chi connectivity index (χ3v) is 5.27. The second kappa shape index (κ2) is 4.53. The summed E-state index contributed by atoms with van der Waals surface area (Å²) < 4.78 is 32.8. The van der Waals surface area contributed by atoms with E-state index >= 15 is 0 Å². The fourth-order valence-electron chi connectivity index (χ4n) is 3.03. The van der Waals surface area contributed by atoms with Crippen LogP contribution in [0.3, 0.4) is 0 Å². The van der Waals surface area contributed by atoms with E-state index < -0.39 is 10.0 Å². The number of sulfonamides is 1. The van der Waals surface area contributed by atoms with Crippen molar-refractivity contribution < 1.29 is 13.2 Å². The molecule has 2 atom stereocenters. The first-order valence-corrected chi connectivity index (χ1v) is 8.27. The fourth-order valence-corrected chi connectivity index (χ4v) is 3.96. The maximum Gasteiger partial charge on any atom is 0.211 e. The average molecular weight is 286 g/mol. The van der Waals surface area contributed by atoms with E-state index in [9.17, 15) is 8.42 Å². The van der Waals surface area contributed by atoms with Crippen molar-refractivity contribution in [2.24, 2.45) is 0 Å². The van der Waals surface area contributed by atoms with Crippen molar-refractivity contribution in [1.29, 1.82) is 0 Å². The lowest BCUT2D eigenvalue weighted by Crippen LogP contribution is -2.49. The molecule has 0 saturated carbocycles. The largest absolute Gasteiger partial charge is 0.371 e. The molecule has 2 aliphatic rings. The minimum absolute atomic E-state index is 0.203. The topological polar surface area (TPSA) is 77.3 Å². The van der Waals surface area contributed by atoms with E-state index in [0.717, 1.165) is 19.3 Å². The van der Waals surface area contributed by atoms with Crippen molar-refractivity contribution in [3.8, 4) is 0 Å². The van der Waals surface area contributed by atoms with Gasteiger partial charge in [0.2, 0.25) is 10.0 Å². The minimum atomic E-state index is -3.14. The van der Waals surface area contributed by atoms with Gasteiger partial charge in [-0.15, -0.1) is 10.2 Å². The first-order valence-electron chi connectivity index (χ1n) is 6.42. The van der Waals surface area contributed by atoms with Gasteiger partial charge >= 0.3 is 0 Å². The Balaban J connectivity index is 1.75. The average Bonchev–Trinajstić information content (AvgIpc) is 2.98. The molecule has 19 heavy (non-hydrogen) atoms. The van der Waals surface area contributed by atoms with Gasteiger partial charge in [-0.25, -0.2) is 8.42 Å². The molecule has 1 aromatic rings. The summed E-state index contributed by atoms with van der Waals surface area (Å²) in [6.45, 7) is 1.65. The number of hydrogen-bond donors (Lipinski definition) is 0. The molecule has 3 rings (SSSR count). The fraction of sp³-hybridized carbons (Fsp3) is 0.818. The second-order valence-corrected chi connectivity index (χ2v) is 7.44. The normalized spacial score (nSPS) is 33.0. The van der Waals surface area contributed by atoms with Crippen molar-refractivity contribution in [2.75, 3.05) is 26.0 Å². The zero-order chi connectivity index (χ0) is 13.5. The molecule has 0 aliphatic carbocycles. The lowest BCUT2D eigenvalue weighted by atomic mass is 9.90. The van der Waals surface area contributed by atoms with Crippen molar-refractivity contribution >= 4 is 10.0 Å². The zero-order valence-electron chi connectivity index (χ0n) is 10.9. The number of aromatic nitrogens is 3. The molecule has 3 heterocycles. The van der Waals surface area contributed by atoms with Crippen molar-refractivity contribution in [3.05, 3.63) is 12.7 Å². The summed E-state index contributed by atoms with van der Waals surface area (Å²) in [5.41, 5.74) is -0.337. The van der Waals surface area contributed by atoms with Crippen molar-refractivity contribution in [1.82, 2.24) is 19.1 Å². The SMILES string of the molecule is CS(=O)(=O)N1CCC[C@]2(C[C@@H](n3cnnc3)CO2)C1. The molecule has 0 aromatic carbocycles. The standard InChI is InChI=1S/C11H18N4O3S/c1-19(16,17)15-4-2-3-11(7-15)5-10(6-18-11)14-8-12-13-9-14/h8-10H,2-7H2,1H3/t10-,11+/m1/s1. The lowest BCUT2D eigenvalue weighted by Gasteiger charge is -2.38. The van der Waals surface area contributed by atoms with E-state index in [-0.39, 0.29) is 11.6 Å². The Labute approximate surface area is 112 Å². The number of ether oxygens (including phenoxy) is 1. The van der Waals surface area contributed by atoms with Gasteiger partial charge in [0.1, 0.15) is 12.7 Å². The number of nitrogens with zero attached hydrogens (tertiary/aromatic N) is 4. The van der Waals surface area contributed by atoms with E-state index in [2.05, 4.69) is 10.2 Å². The highest BCUT2D eigenvalue weighted by Gasteiger charge is 2.45.